The Balaban J connectivity index is 1.41. The van der Waals surface area contributed by atoms with Crippen molar-refractivity contribution in [3.05, 3.63) is 40.7 Å². The number of fused-ring (bicyclic) bond motifs is 1. The lowest BCUT2D eigenvalue weighted by Crippen LogP contribution is -2.39. The van der Waals surface area contributed by atoms with E-state index in [2.05, 4.69) is 32.2 Å². The lowest BCUT2D eigenvalue weighted by molar-refractivity contribution is -0.131. The van der Waals surface area contributed by atoms with E-state index in [1.807, 2.05) is 31.0 Å². The molecule has 1 aliphatic rings. The van der Waals surface area contributed by atoms with E-state index in [-0.39, 0.29) is 12.3 Å². The van der Waals surface area contributed by atoms with Crippen LogP contribution in [0, 0.1) is 20.8 Å². The Morgan fingerprint density at radius 1 is 1.23 bits per heavy atom. The number of hydrogen-bond acceptors (Lipinski definition) is 5. The number of nitrogens with zero attached hydrogens (tertiary/aromatic N) is 6. The van der Waals surface area contributed by atoms with Crippen LogP contribution in [0.4, 0.5) is 0 Å². The zero-order valence-corrected chi connectivity index (χ0v) is 15.4. The number of hydrogen-bond donors (Lipinski definition) is 1. The summed E-state index contributed by atoms with van der Waals surface area (Å²) < 4.78 is 1.70. The number of likely N-dealkylation sites (tertiary alicyclic amines) is 1. The molecular weight excluding hydrogens is 330 g/mol. The summed E-state index contributed by atoms with van der Waals surface area (Å²) in [6.07, 6.45) is 3.98. The predicted octanol–water partition coefficient (Wildman–Crippen LogP) is 1.72. The van der Waals surface area contributed by atoms with E-state index in [4.69, 9.17) is 0 Å². The van der Waals surface area contributed by atoms with Gasteiger partial charge in [-0.3, -0.25) is 9.89 Å². The highest BCUT2D eigenvalue weighted by molar-refractivity contribution is 5.78. The summed E-state index contributed by atoms with van der Waals surface area (Å²) in [5, 5.41) is 11.6. The number of piperidine rings is 1. The van der Waals surface area contributed by atoms with E-state index >= 15 is 0 Å². The summed E-state index contributed by atoms with van der Waals surface area (Å²) in [6, 6.07) is 1.95. The number of carbonyl (C=O) groups excluding carboxylic acids is 1. The fourth-order valence-electron chi connectivity index (χ4n) is 3.72. The minimum Gasteiger partial charge on any atom is -0.342 e. The molecule has 0 saturated carbocycles. The second-order valence-electron chi connectivity index (χ2n) is 7.08. The number of carbonyl (C=O) groups is 1. The van der Waals surface area contributed by atoms with Crippen LogP contribution in [0.15, 0.2) is 12.3 Å². The fourth-order valence-corrected chi connectivity index (χ4v) is 3.72. The van der Waals surface area contributed by atoms with Gasteiger partial charge in [0.15, 0.2) is 5.82 Å². The van der Waals surface area contributed by atoms with Gasteiger partial charge in [-0.2, -0.15) is 10.1 Å². The van der Waals surface area contributed by atoms with Crippen LogP contribution in [0.2, 0.25) is 0 Å². The Bertz CT molecular complexity index is 950. The molecule has 8 heteroatoms. The Hall–Kier alpha value is -2.77. The molecule has 0 aliphatic carbocycles. The minimum atomic E-state index is 0.0788. The summed E-state index contributed by atoms with van der Waals surface area (Å²) in [7, 11) is 0. The zero-order valence-electron chi connectivity index (χ0n) is 15.4. The topological polar surface area (TPSA) is 92.1 Å². The molecule has 1 saturated heterocycles. The molecule has 0 aromatic carbocycles. The summed E-state index contributed by atoms with van der Waals surface area (Å²) in [5.41, 5.74) is 4.27. The molecule has 26 heavy (non-hydrogen) atoms. The Morgan fingerprint density at radius 2 is 2.00 bits per heavy atom. The van der Waals surface area contributed by atoms with E-state index in [0.717, 1.165) is 37.3 Å². The van der Waals surface area contributed by atoms with Crippen LogP contribution in [0.3, 0.4) is 0 Å². The van der Waals surface area contributed by atoms with Crippen LogP contribution in [0.5, 0.6) is 0 Å². The van der Waals surface area contributed by atoms with Crippen LogP contribution < -0.4 is 0 Å². The summed E-state index contributed by atoms with van der Waals surface area (Å²) in [6.45, 7) is 7.48. The second kappa shape index (κ2) is 6.51. The van der Waals surface area contributed by atoms with Gasteiger partial charge in [0.25, 0.3) is 5.78 Å². The van der Waals surface area contributed by atoms with Crippen molar-refractivity contribution >= 4 is 11.7 Å². The van der Waals surface area contributed by atoms with Gasteiger partial charge < -0.3 is 4.90 Å². The first-order valence-electron chi connectivity index (χ1n) is 8.99. The minimum absolute atomic E-state index is 0.0788. The molecule has 4 heterocycles. The third-order valence-corrected chi connectivity index (χ3v) is 5.10. The zero-order chi connectivity index (χ0) is 18.3. The number of H-pyrrole nitrogens is 1. The molecule has 1 fully saturated rings. The first-order valence-corrected chi connectivity index (χ1v) is 8.99. The number of aromatic nitrogens is 6. The highest BCUT2D eigenvalue weighted by Gasteiger charge is 2.26. The average molecular weight is 353 g/mol. The van der Waals surface area contributed by atoms with Gasteiger partial charge in [0.1, 0.15) is 0 Å². The van der Waals surface area contributed by atoms with Crippen molar-refractivity contribution in [2.45, 2.75) is 46.0 Å². The van der Waals surface area contributed by atoms with Gasteiger partial charge in [0.2, 0.25) is 5.91 Å². The third kappa shape index (κ3) is 3.07. The van der Waals surface area contributed by atoms with E-state index < -0.39 is 0 Å². The number of nitrogens with one attached hydrogen (secondary N) is 1. The molecule has 8 nitrogen and oxygen atoms in total. The lowest BCUT2D eigenvalue weighted by atomic mass is 9.91. The summed E-state index contributed by atoms with van der Waals surface area (Å²) in [5.74, 6) is 1.61. The quantitative estimate of drug-likeness (QED) is 0.774. The SMILES string of the molecule is Cc1cc(C)n2nc(CC(=O)N3CCC(c4[nH]ncc4C)CC3)nc2n1. The van der Waals surface area contributed by atoms with Gasteiger partial charge in [-0.05, 0) is 45.2 Å². The van der Waals surface area contributed by atoms with Gasteiger partial charge >= 0.3 is 0 Å². The molecule has 0 bridgehead atoms. The number of rotatable bonds is 3. The van der Waals surface area contributed by atoms with E-state index in [0.29, 0.717) is 17.5 Å². The van der Waals surface area contributed by atoms with Gasteiger partial charge in [-0.15, -0.1) is 5.10 Å². The van der Waals surface area contributed by atoms with Crippen molar-refractivity contribution in [1.82, 2.24) is 34.7 Å². The molecule has 0 atom stereocenters. The van der Waals surface area contributed by atoms with Crippen molar-refractivity contribution in [3.63, 3.8) is 0 Å². The van der Waals surface area contributed by atoms with Crippen LogP contribution >= 0.6 is 0 Å². The first kappa shape index (κ1) is 16.7. The van der Waals surface area contributed by atoms with Crippen molar-refractivity contribution in [2.24, 2.45) is 0 Å². The molecule has 1 N–H and O–H groups in total. The standard InChI is InChI=1S/C18H23N7O/c1-11-10-19-22-17(11)14-4-6-24(7-5-14)16(26)9-15-21-18-20-12(2)8-13(3)25(18)23-15/h8,10,14H,4-7,9H2,1-3H3,(H,19,22). The largest absolute Gasteiger partial charge is 0.342 e. The monoisotopic (exact) mass is 353 g/mol. The molecule has 1 aliphatic heterocycles. The van der Waals surface area contributed by atoms with Gasteiger partial charge in [0, 0.05) is 36.1 Å². The van der Waals surface area contributed by atoms with Crippen molar-refractivity contribution in [1.29, 1.82) is 0 Å². The molecule has 0 radical (unpaired) electrons. The summed E-state index contributed by atoms with van der Waals surface area (Å²) in [4.78, 5) is 23.4. The number of aromatic amines is 1. The molecule has 3 aromatic heterocycles. The maximum atomic E-state index is 12.7. The van der Waals surface area contributed by atoms with Crippen LogP contribution in [0.1, 0.15) is 47.2 Å². The third-order valence-electron chi connectivity index (χ3n) is 5.10. The molecule has 136 valence electrons. The van der Waals surface area contributed by atoms with E-state index in [9.17, 15) is 4.79 Å². The van der Waals surface area contributed by atoms with Gasteiger partial charge in [-0.1, -0.05) is 0 Å². The van der Waals surface area contributed by atoms with Crippen molar-refractivity contribution < 1.29 is 4.79 Å². The fraction of sp³-hybridized carbons (Fsp3) is 0.500. The van der Waals surface area contributed by atoms with Crippen LogP contribution in [-0.4, -0.2) is 53.7 Å². The smallest absolute Gasteiger partial charge is 0.252 e. The molecule has 1 amide bonds. The number of aryl methyl sites for hydroxylation is 3. The normalized spacial score (nSPS) is 15.7. The van der Waals surface area contributed by atoms with E-state index in [1.165, 1.54) is 11.3 Å². The molecule has 4 rings (SSSR count). The molecular formula is C18H23N7O. The first-order chi connectivity index (χ1) is 12.5. The maximum Gasteiger partial charge on any atom is 0.252 e. The van der Waals surface area contributed by atoms with Crippen LogP contribution in [-0.2, 0) is 11.2 Å². The summed E-state index contributed by atoms with van der Waals surface area (Å²) >= 11 is 0. The second-order valence-corrected chi connectivity index (χ2v) is 7.08. The predicted molar refractivity (Wildman–Crippen MR) is 95.8 cm³/mol. The highest BCUT2D eigenvalue weighted by Crippen LogP contribution is 2.28. The lowest BCUT2D eigenvalue weighted by Gasteiger charge is -2.31. The van der Waals surface area contributed by atoms with Crippen LogP contribution in [0.25, 0.3) is 5.78 Å². The Morgan fingerprint density at radius 3 is 2.69 bits per heavy atom. The molecule has 3 aromatic rings. The maximum absolute atomic E-state index is 12.7. The van der Waals surface area contributed by atoms with Crippen molar-refractivity contribution in [3.8, 4) is 0 Å². The van der Waals surface area contributed by atoms with E-state index in [1.54, 1.807) is 4.52 Å². The average Bonchev–Trinajstić information content (AvgIpc) is 3.21. The Kier molecular flexibility index (Phi) is 4.18. The van der Waals surface area contributed by atoms with Gasteiger partial charge in [-0.25, -0.2) is 9.50 Å². The highest BCUT2D eigenvalue weighted by atomic mass is 16.2. The molecule has 0 spiro atoms. The van der Waals surface area contributed by atoms with Gasteiger partial charge in [0.05, 0.1) is 12.6 Å². The number of amides is 1. The molecule has 0 unspecified atom stereocenters. The Labute approximate surface area is 151 Å². The van der Waals surface area contributed by atoms with Crippen molar-refractivity contribution in [2.75, 3.05) is 13.1 Å².